The number of benzene rings is 1. The minimum atomic E-state index is -5.08. The lowest BCUT2D eigenvalue weighted by atomic mass is 10.1. The molecule has 0 aliphatic carbocycles. The fourth-order valence-corrected chi connectivity index (χ4v) is 3.87. The Morgan fingerprint density at radius 3 is 2.26 bits per heavy atom. The summed E-state index contributed by atoms with van der Waals surface area (Å²) in [6, 6.07) is 8.19. The smallest absolute Gasteiger partial charge is 0.475 e. The van der Waals surface area contributed by atoms with Crippen molar-refractivity contribution in [3.05, 3.63) is 54.0 Å². The summed E-state index contributed by atoms with van der Waals surface area (Å²) >= 11 is 0. The van der Waals surface area contributed by atoms with Gasteiger partial charge < -0.3 is 19.8 Å². The maximum absolute atomic E-state index is 12.9. The molecule has 1 aromatic heterocycles. The minimum Gasteiger partial charge on any atom is -0.475 e. The van der Waals surface area contributed by atoms with Crippen LogP contribution in [0.2, 0.25) is 0 Å². The number of halogens is 3. The van der Waals surface area contributed by atoms with Gasteiger partial charge >= 0.3 is 12.1 Å². The maximum Gasteiger partial charge on any atom is 0.490 e. The molecule has 0 bridgehead atoms. The SMILES string of the molecule is Cc1ccc(CN2CC(C(=O)N3CCN(c4cnccn4)CC3)CC2=O)cc1.O=C(O)C(F)(F)F. The highest BCUT2D eigenvalue weighted by Crippen LogP contribution is 2.23. The molecule has 0 saturated carbocycles. The number of amides is 2. The highest BCUT2D eigenvalue weighted by Gasteiger charge is 2.38. The molecule has 0 radical (unpaired) electrons. The lowest BCUT2D eigenvalue weighted by molar-refractivity contribution is -0.192. The molecule has 2 fully saturated rings. The Labute approximate surface area is 200 Å². The van der Waals surface area contributed by atoms with E-state index in [9.17, 15) is 22.8 Å². The molecule has 4 rings (SSSR count). The molecule has 1 unspecified atom stereocenters. The van der Waals surface area contributed by atoms with E-state index in [1.807, 2.05) is 28.9 Å². The van der Waals surface area contributed by atoms with Crippen LogP contribution in [0.5, 0.6) is 0 Å². The molecule has 2 aliphatic heterocycles. The molecule has 2 amide bonds. The number of aliphatic carboxylic acids is 1. The van der Waals surface area contributed by atoms with Gasteiger partial charge in [-0.05, 0) is 12.5 Å². The van der Waals surface area contributed by atoms with Crippen LogP contribution in [0.3, 0.4) is 0 Å². The number of carbonyl (C=O) groups excluding carboxylic acids is 2. The summed E-state index contributed by atoms with van der Waals surface area (Å²) in [4.78, 5) is 48.5. The van der Waals surface area contributed by atoms with Gasteiger partial charge in [-0.25, -0.2) is 9.78 Å². The zero-order chi connectivity index (χ0) is 25.6. The van der Waals surface area contributed by atoms with Crippen LogP contribution in [-0.2, 0) is 20.9 Å². The van der Waals surface area contributed by atoms with Gasteiger partial charge in [-0.3, -0.25) is 14.6 Å². The number of hydrogen-bond acceptors (Lipinski definition) is 6. The van der Waals surface area contributed by atoms with Gasteiger partial charge in [0.05, 0.1) is 12.1 Å². The van der Waals surface area contributed by atoms with Crippen LogP contribution in [0.15, 0.2) is 42.9 Å². The number of carbonyl (C=O) groups is 3. The van der Waals surface area contributed by atoms with Gasteiger partial charge in [0.2, 0.25) is 11.8 Å². The Bertz CT molecular complexity index is 1030. The van der Waals surface area contributed by atoms with Gasteiger partial charge in [0.25, 0.3) is 0 Å². The van der Waals surface area contributed by atoms with Crippen LogP contribution in [0, 0.1) is 12.8 Å². The number of aryl methyl sites for hydroxylation is 1. The number of anilines is 1. The molecule has 1 N–H and O–H groups in total. The molecule has 9 nitrogen and oxygen atoms in total. The molecule has 3 heterocycles. The standard InChI is InChI=1S/C21H25N5O2.C2HF3O2/c1-16-2-4-17(5-3-16)14-26-15-18(12-20(26)27)21(28)25-10-8-24(9-11-25)19-13-22-6-7-23-19;3-2(4,5)1(6)7/h2-7,13,18H,8-12,14-15H2,1H3;(H,6,7). The van der Waals surface area contributed by atoms with Gasteiger partial charge in [-0.15, -0.1) is 0 Å². The summed E-state index contributed by atoms with van der Waals surface area (Å²) in [6.45, 7) is 5.90. The second-order valence-electron chi connectivity index (χ2n) is 8.34. The number of carboxylic acids is 1. The Morgan fingerprint density at radius 1 is 1.09 bits per heavy atom. The molecule has 35 heavy (non-hydrogen) atoms. The van der Waals surface area contributed by atoms with Crippen molar-refractivity contribution in [1.29, 1.82) is 0 Å². The minimum absolute atomic E-state index is 0.0668. The Balaban J connectivity index is 0.000000429. The molecule has 0 spiro atoms. The van der Waals surface area contributed by atoms with Crippen molar-refractivity contribution >= 4 is 23.6 Å². The molecule has 2 aliphatic rings. The first-order chi connectivity index (χ1) is 16.5. The van der Waals surface area contributed by atoms with Crippen molar-refractivity contribution in [3.8, 4) is 0 Å². The molecule has 2 saturated heterocycles. The summed E-state index contributed by atoms with van der Waals surface area (Å²) in [5, 5.41) is 7.12. The third-order valence-corrected chi connectivity index (χ3v) is 5.77. The van der Waals surface area contributed by atoms with Crippen molar-refractivity contribution in [2.45, 2.75) is 26.1 Å². The second kappa shape index (κ2) is 11.2. The molecular formula is C23H26F3N5O4. The predicted octanol–water partition coefficient (Wildman–Crippen LogP) is 2.12. The number of likely N-dealkylation sites (tertiary alicyclic amines) is 1. The summed E-state index contributed by atoms with van der Waals surface area (Å²) < 4.78 is 31.7. The van der Waals surface area contributed by atoms with E-state index in [0.29, 0.717) is 32.6 Å². The summed E-state index contributed by atoms with van der Waals surface area (Å²) in [5.74, 6) is -1.99. The number of rotatable bonds is 4. The van der Waals surface area contributed by atoms with E-state index in [1.165, 1.54) is 5.56 Å². The van der Waals surface area contributed by atoms with Crippen LogP contribution in [0.25, 0.3) is 0 Å². The van der Waals surface area contributed by atoms with Crippen molar-refractivity contribution < 1.29 is 32.7 Å². The van der Waals surface area contributed by atoms with E-state index in [2.05, 4.69) is 27.0 Å². The zero-order valence-corrected chi connectivity index (χ0v) is 19.1. The fraction of sp³-hybridized carbons (Fsp3) is 0.435. The number of nitrogens with zero attached hydrogens (tertiary/aromatic N) is 5. The van der Waals surface area contributed by atoms with Crippen LogP contribution in [0.4, 0.5) is 19.0 Å². The summed E-state index contributed by atoms with van der Waals surface area (Å²) in [6.07, 6.45) is 0.313. The lowest BCUT2D eigenvalue weighted by Crippen LogP contribution is -2.51. The third kappa shape index (κ3) is 7.14. The van der Waals surface area contributed by atoms with Crippen LogP contribution in [-0.4, -0.2) is 81.6 Å². The summed E-state index contributed by atoms with van der Waals surface area (Å²) in [7, 11) is 0. The first-order valence-corrected chi connectivity index (χ1v) is 11.0. The predicted molar refractivity (Wildman–Crippen MR) is 119 cm³/mol. The van der Waals surface area contributed by atoms with Gasteiger partial charge in [-0.2, -0.15) is 13.2 Å². The first kappa shape index (κ1) is 25.9. The van der Waals surface area contributed by atoms with E-state index in [-0.39, 0.29) is 17.7 Å². The van der Waals surface area contributed by atoms with Crippen molar-refractivity contribution in [3.63, 3.8) is 0 Å². The highest BCUT2D eigenvalue weighted by molar-refractivity contribution is 5.89. The maximum atomic E-state index is 12.9. The van der Waals surface area contributed by atoms with E-state index >= 15 is 0 Å². The van der Waals surface area contributed by atoms with E-state index < -0.39 is 12.1 Å². The van der Waals surface area contributed by atoms with Crippen LogP contribution >= 0.6 is 0 Å². The normalized spacial score (nSPS) is 18.2. The number of carboxylic acid groups (broad SMARTS) is 1. The molecule has 1 atom stereocenters. The molecular weight excluding hydrogens is 467 g/mol. The monoisotopic (exact) mass is 493 g/mol. The topological polar surface area (TPSA) is 107 Å². The van der Waals surface area contributed by atoms with Crippen molar-refractivity contribution in [2.75, 3.05) is 37.6 Å². The number of piperazine rings is 1. The average molecular weight is 493 g/mol. The lowest BCUT2D eigenvalue weighted by Gasteiger charge is -2.36. The number of aromatic nitrogens is 2. The average Bonchev–Trinajstić information content (AvgIpc) is 3.20. The zero-order valence-electron chi connectivity index (χ0n) is 19.1. The van der Waals surface area contributed by atoms with Crippen LogP contribution in [0.1, 0.15) is 17.5 Å². The molecule has 188 valence electrons. The van der Waals surface area contributed by atoms with Crippen molar-refractivity contribution in [1.82, 2.24) is 19.8 Å². The molecule has 2 aromatic rings. The van der Waals surface area contributed by atoms with E-state index in [0.717, 1.165) is 24.5 Å². The third-order valence-electron chi connectivity index (χ3n) is 5.77. The van der Waals surface area contributed by atoms with E-state index in [1.54, 1.807) is 18.6 Å². The Kier molecular flexibility index (Phi) is 8.26. The number of hydrogen-bond donors (Lipinski definition) is 1. The number of alkyl halides is 3. The quantitative estimate of drug-likeness (QED) is 0.695. The van der Waals surface area contributed by atoms with Crippen molar-refractivity contribution in [2.24, 2.45) is 5.92 Å². The second-order valence-corrected chi connectivity index (χ2v) is 8.34. The van der Waals surface area contributed by atoms with Crippen LogP contribution < -0.4 is 4.90 Å². The Hall–Kier alpha value is -3.70. The van der Waals surface area contributed by atoms with Gasteiger partial charge in [0, 0.05) is 58.1 Å². The van der Waals surface area contributed by atoms with Gasteiger partial charge in [0.15, 0.2) is 0 Å². The fourth-order valence-electron chi connectivity index (χ4n) is 3.87. The molecule has 12 heteroatoms. The molecule has 1 aromatic carbocycles. The Morgan fingerprint density at radius 2 is 1.71 bits per heavy atom. The van der Waals surface area contributed by atoms with E-state index in [4.69, 9.17) is 9.90 Å². The largest absolute Gasteiger partial charge is 0.490 e. The van der Waals surface area contributed by atoms with Gasteiger partial charge in [-0.1, -0.05) is 29.8 Å². The highest BCUT2D eigenvalue weighted by atomic mass is 19.4. The summed E-state index contributed by atoms with van der Waals surface area (Å²) in [5.41, 5.74) is 2.30. The first-order valence-electron chi connectivity index (χ1n) is 11.0. The van der Waals surface area contributed by atoms with Gasteiger partial charge in [0.1, 0.15) is 5.82 Å².